The molecular weight excluding hydrogens is 328 g/mol. The van der Waals surface area contributed by atoms with E-state index in [9.17, 15) is 4.79 Å². The SMILES string of the molecule is COc1ccc(C(=O)c2ccccc2Br)c2ccccc12. The Kier molecular flexibility index (Phi) is 3.76. The molecule has 3 rings (SSSR count). The van der Waals surface area contributed by atoms with Gasteiger partial charge < -0.3 is 4.74 Å². The first-order valence-electron chi connectivity index (χ1n) is 6.57. The van der Waals surface area contributed by atoms with Gasteiger partial charge in [0.2, 0.25) is 0 Å². The van der Waals surface area contributed by atoms with Gasteiger partial charge in [-0.3, -0.25) is 4.79 Å². The molecule has 104 valence electrons. The second-order valence-electron chi connectivity index (χ2n) is 4.67. The van der Waals surface area contributed by atoms with Crippen molar-refractivity contribution in [2.45, 2.75) is 0 Å². The summed E-state index contributed by atoms with van der Waals surface area (Å²) in [6, 6.07) is 18.9. The van der Waals surface area contributed by atoms with Gasteiger partial charge in [0, 0.05) is 21.0 Å². The van der Waals surface area contributed by atoms with Crippen LogP contribution in [0, 0.1) is 0 Å². The lowest BCUT2D eigenvalue weighted by molar-refractivity contribution is 0.103. The van der Waals surface area contributed by atoms with Gasteiger partial charge in [0.15, 0.2) is 5.78 Å². The molecule has 0 unspecified atom stereocenters. The molecule has 3 aromatic carbocycles. The van der Waals surface area contributed by atoms with Crippen LogP contribution in [0.4, 0.5) is 0 Å². The minimum Gasteiger partial charge on any atom is -0.496 e. The number of benzene rings is 3. The molecule has 0 atom stereocenters. The number of halogens is 1. The minimum absolute atomic E-state index is 0.00123. The Labute approximate surface area is 131 Å². The molecule has 0 saturated heterocycles. The zero-order valence-corrected chi connectivity index (χ0v) is 13.1. The molecule has 0 saturated carbocycles. The van der Waals surface area contributed by atoms with Gasteiger partial charge in [-0.2, -0.15) is 0 Å². The number of ketones is 1. The van der Waals surface area contributed by atoms with E-state index in [0.29, 0.717) is 11.1 Å². The number of carbonyl (C=O) groups excluding carboxylic acids is 1. The molecule has 0 aliphatic rings. The van der Waals surface area contributed by atoms with Crippen molar-refractivity contribution in [3.05, 3.63) is 76.3 Å². The van der Waals surface area contributed by atoms with Gasteiger partial charge in [-0.05, 0) is 29.7 Å². The number of hydrogen-bond acceptors (Lipinski definition) is 2. The number of methoxy groups -OCH3 is 1. The Hall–Kier alpha value is -2.13. The van der Waals surface area contributed by atoms with E-state index in [4.69, 9.17) is 4.74 Å². The molecule has 0 amide bonds. The lowest BCUT2D eigenvalue weighted by Crippen LogP contribution is -2.03. The molecule has 0 bridgehead atoms. The van der Waals surface area contributed by atoms with Crippen LogP contribution in [0.2, 0.25) is 0 Å². The van der Waals surface area contributed by atoms with E-state index in [2.05, 4.69) is 15.9 Å². The summed E-state index contributed by atoms with van der Waals surface area (Å²) in [5, 5.41) is 1.84. The summed E-state index contributed by atoms with van der Waals surface area (Å²) in [5.74, 6) is 0.774. The lowest BCUT2D eigenvalue weighted by atomic mass is 9.97. The van der Waals surface area contributed by atoms with Crippen LogP contribution in [0.3, 0.4) is 0 Å². The highest BCUT2D eigenvalue weighted by Gasteiger charge is 2.16. The minimum atomic E-state index is 0.00123. The Bertz CT molecular complexity index is 824. The first-order chi connectivity index (χ1) is 10.2. The third kappa shape index (κ3) is 2.45. The Morgan fingerprint density at radius 1 is 0.857 bits per heavy atom. The Balaban J connectivity index is 2.22. The zero-order valence-electron chi connectivity index (χ0n) is 11.5. The molecule has 0 aliphatic carbocycles. The van der Waals surface area contributed by atoms with Crippen molar-refractivity contribution in [3.63, 3.8) is 0 Å². The number of ether oxygens (including phenoxy) is 1. The fraction of sp³-hybridized carbons (Fsp3) is 0.0556. The van der Waals surface area contributed by atoms with Crippen molar-refractivity contribution in [2.75, 3.05) is 7.11 Å². The molecule has 0 radical (unpaired) electrons. The molecule has 3 heteroatoms. The summed E-state index contributed by atoms with van der Waals surface area (Å²) in [5.41, 5.74) is 1.34. The van der Waals surface area contributed by atoms with Gasteiger partial charge in [-0.25, -0.2) is 0 Å². The van der Waals surface area contributed by atoms with Crippen LogP contribution in [-0.4, -0.2) is 12.9 Å². The third-order valence-corrected chi connectivity index (χ3v) is 4.16. The molecule has 0 heterocycles. The topological polar surface area (TPSA) is 26.3 Å². The van der Waals surface area contributed by atoms with E-state index in [1.54, 1.807) is 7.11 Å². The average Bonchev–Trinajstić information content (AvgIpc) is 2.53. The van der Waals surface area contributed by atoms with Gasteiger partial charge >= 0.3 is 0 Å². The van der Waals surface area contributed by atoms with E-state index >= 15 is 0 Å². The maximum Gasteiger partial charge on any atom is 0.194 e. The first kappa shape index (κ1) is 13.8. The van der Waals surface area contributed by atoms with Crippen molar-refractivity contribution in [1.82, 2.24) is 0 Å². The second-order valence-corrected chi connectivity index (χ2v) is 5.52. The molecular formula is C18H13BrO2. The number of hydrogen-bond donors (Lipinski definition) is 0. The van der Waals surface area contributed by atoms with E-state index in [1.165, 1.54) is 0 Å². The summed E-state index contributed by atoms with van der Waals surface area (Å²) >= 11 is 3.44. The van der Waals surface area contributed by atoms with Gasteiger partial charge in [-0.15, -0.1) is 0 Å². The summed E-state index contributed by atoms with van der Waals surface area (Å²) in [6.45, 7) is 0. The standard InChI is InChI=1S/C18H13BrO2/c1-21-17-11-10-14(12-6-2-3-7-13(12)17)18(20)15-8-4-5-9-16(15)19/h2-11H,1H3. The van der Waals surface area contributed by atoms with E-state index in [-0.39, 0.29) is 5.78 Å². The van der Waals surface area contributed by atoms with Gasteiger partial charge in [-0.1, -0.05) is 52.3 Å². The molecule has 0 aliphatic heterocycles. The smallest absolute Gasteiger partial charge is 0.194 e. The predicted octanol–water partition coefficient (Wildman–Crippen LogP) is 4.84. The molecule has 0 aromatic heterocycles. The van der Waals surface area contributed by atoms with Crippen LogP contribution in [0.15, 0.2) is 65.1 Å². The summed E-state index contributed by atoms with van der Waals surface area (Å²) < 4.78 is 6.17. The van der Waals surface area contributed by atoms with Crippen LogP contribution >= 0.6 is 15.9 Å². The lowest BCUT2D eigenvalue weighted by Gasteiger charge is -2.10. The summed E-state index contributed by atoms with van der Waals surface area (Å²) in [6.07, 6.45) is 0. The summed E-state index contributed by atoms with van der Waals surface area (Å²) in [7, 11) is 1.64. The van der Waals surface area contributed by atoms with E-state index in [0.717, 1.165) is 21.0 Å². The van der Waals surface area contributed by atoms with Crippen LogP contribution in [-0.2, 0) is 0 Å². The highest BCUT2D eigenvalue weighted by molar-refractivity contribution is 9.10. The van der Waals surface area contributed by atoms with Crippen molar-refractivity contribution >= 4 is 32.5 Å². The van der Waals surface area contributed by atoms with Crippen LogP contribution in [0.5, 0.6) is 5.75 Å². The fourth-order valence-electron chi connectivity index (χ4n) is 2.44. The highest BCUT2D eigenvalue weighted by atomic mass is 79.9. The number of rotatable bonds is 3. The van der Waals surface area contributed by atoms with Crippen molar-refractivity contribution in [2.24, 2.45) is 0 Å². The first-order valence-corrected chi connectivity index (χ1v) is 7.36. The largest absolute Gasteiger partial charge is 0.496 e. The molecule has 0 spiro atoms. The second kappa shape index (κ2) is 5.70. The van der Waals surface area contributed by atoms with E-state index in [1.807, 2.05) is 60.7 Å². The molecule has 3 aromatic rings. The zero-order chi connectivity index (χ0) is 14.8. The van der Waals surface area contributed by atoms with Gasteiger partial charge in [0.1, 0.15) is 5.75 Å². The summed E-state index contributed by atoms with van der Waals surface area (Å²) in [4.78, 5) is 12.8. The predicted molar refractivity (Wildman–Crippen MR) is 88.1 cm³/mol. The van der Waals surface area contributed by atoms with E-state index < -0.39 is 0 Å². The monoisotopic (exact) mass is 340 g/mol. The van der Waals surface area contributed by atoms with Crippen molar-refractivity contribution in [3.8, 4) is 5.75 Å². The molecule has 21 heavy (non-hydrogen) atoms. The van der Waals surface area contributed by atoms with Crippen LogP contribution < -0.4 is 4.74 Å². The molecule has 0 N–H and O–H groups in total. The highest BCUT2D eigenvalue weighted by Crippen LogP contribution is 2.30. The van der Waals surface area contributed by atoms with Gasteiger partial charge in [0.25, 0.3) is 0 Å². The maximum absolute atomic E-state index is 12.8. The Morgan fingerprint density at radius 3 is 2.24 bits per heavy atom. The number of carbonyl (C=O) groups is 1. The molecule has 2 nitrogen and oxygen atoms in total. The van der Waals surface area contributed by atoms with Crippen molar-refractivity contribution < 1.29 is 9.53 Å². The Morgan fingerprint density at radius 2 is 1.52 bits per heavy atom. The van der Waals surface area contributed by atoms with Gasteiger partial charge in [0.05, 0.1) is 7.11 Å². The van der Waals surface area contributed by atoms with Crippen molar-refractivity contribution in [1.29, 1.82) is 0 Å². The normalized spacial score (nSPS) is 10.6. The fourth-order valence-corrected chi connectivity index (χ4v) is 2.90. The van der Waals surface area contributed by atoms with Crippen LogP contribution in [0.25, 0.3) is 10.8 Å². The number of fused-ring (bicyclic) bond motifs is 1. The molecule has 0 fully saturated rings. The average molecular weight is 341 g/mol. The van der Waals surface area contributed by atoms with Crippen LogP contribution in [0.1, 0.15) is 15.9 Å². The quantitative estimate of drug-likeness (QED) is 0.637. The third-order valence-electron chi connectivity index (χ3n) is 3.47. The maximum atomic E-state index is 12.8.